The fraction of sp³-hybridized carbons (Fsp3) is 0.706. The summed E-state index contributed by atoms with van der Waals surface area (Å²) >= 11 is 0. The number of nitrogens with zero attached hydrogens (tertiary/aromatic N) is 1. The van der Waals surface area contributed by atoms with Crippen LogP contribution in [0.1, 0.15) is 44.9 Å². The zero-order valence-electron chi connectivity index (χ0n) is 12.7. The second kappa shape index (κ2) is 7.64. The van der Waals surface area contributed by atoms with Gasteiger partial charge >= 0.3 is 0 Å². The number of piperidine rings is 1. The lowest BCUT2D eigenvalue weighted by Crippen LogP contribution is -2.33. The minimum Gasteiger partial charge on any atom is -0.488 e. The van der Waals surface area contributed by atoms with E-state index in [1.807, 2.05) is 12.1 Å². The molecular formula is C17H26N2O2. The second-order valence-electron chi connectivity index (χ2n) is 6.21. The quantitative estimate of drug-likeness (QED) is 0.904. The molecule has 21 heavy (non-hydrogen) atoms. The lowest BCUT2D eigenvalue weighted by Gasteiger charge is -2.25. The summed E-state index contributed by atoms with van der Waals surface area (Å²) in [5, 5.41) is 3.42. The summed E-state index contributed by atoms with van der Waals surface area (Å²) in [5.74, 6) is 2.07. The molecule has 1 aliphatic heterocycles. The molecule has 1 aromatic rings. The lowest BCUT2D eigenvalue weighted by molar-refractivity contribution is 0.136. The fourth-order valence-corrected chi connectivity index (χ4v) is 3.19. The second-order valence-corrected chi connectivity index (χ2v) is 6.21. The molecule has 4 nitrogen and oxygen atoms in total. The van der Waals surface area contributed by atoms with Crippen LogP contribution < -0.4 is 14.8 Å². The van der Waals surface area contributed by atoms with E-state index in [2.05, 4.69) is 10.3 Å². The number of hydrogen-bond donors (Lipinski definition) is 1. The third-order valence-corrected chi connectivity index (χ3v) is 4.44. The summed E-state index contributed by atoms with van der Waals surface area (Å²) in [4.78, 5) is 4.37. The average Bonchev–Trinajstić information content (AvgIpc) is 2.56. The van der Waals surface area contributed by atoms with Crippen LogP contribution in [0.2, 0.25) is 0 Å². The first-order chi connectivity index (χ1) is 10.4. The Morgan fingerprint density at radius 1 is 1.14 bits per heavy atom. The Morgan fingerprint density at radius 2 is 2.05 bits per heavy atom. The smallest absolute Gasteiger partial charge is 0.257 e. The van der Waals surface area contributed by atoms with Crippen LogP contribution in [-0.2, 0) is 0 Å². The molecule has 2 aliphatic rings. The highest BCUT2D eigenvalue weighted by Gasteiger charge is 2.19. The van der Waals surface area contributed by atoms with E-state index in [4.69, 9.17) is 9.47 Å². The molecule has 0 bridgehead atoms. The van der Waals surface area contributed by atoms with Gasteiger partial charge in [-0.1, -0.05) is 6.42 Å². The van der Waals surface area contributed by atoms with Crippen molar-refractivity contribution in [3.63, 3.8) is 0 Å². The summed E-state index contributed by atoms with van der Waals surface area (Å²) in [5.41, 5.74) is 0. The molecular weight excluding hydrogens is 264 g/mol. The highest BCUT2D eigenvalue weighted by molar-refractivity contribution is 5.32. The van der Waals surface area contributed by atoms with Crippen LogP contribution in [0.3, 0.4) is 0 Å². The van der Waals surface area contributed by atoms with E-state index in [1.165, 1.54) is 32.1 Å². The van der Waals surface area contributed by atoms with Crippen molar-refractivity contribution in [2.75, 3.05) is 19.7 Å². The summed E-state index contributed by atoms with van der Waals surface area (Å²) in [7, 11) is 0. The first-order valence-electron chi connectivity index (χ1n) is 8.37. The molecule has 0 amide bonds. The van der Waals surface area contributed by atoms with Gasteiger partial charge in [-0.15, -0.1) is 0 Å². The van der Waals surface area contributed by atoms with Crippen LogP contribution in [0.15, 0.2) is 18.3 Å². The molecule has 1 aromatic heterocycles. The van der Waals surface area contributed by atoms with Gasteiger partial charge in [0.15, 0.2) is 5.75 Å². The molecule has 1 aliphatic carbocycles. The molecule has 2 heterocycles. The maximum absolute atomic E-state index is 6.07. The molecule has 1 saturated carbocycles. The number of nitrogens with one attached hydrogen (secondary N) is 1. The van der Waals surface area contributed by atoms with Crippen LogP contribution in [0.25, 0.3) is 0 Å². The molecule has 1 saturated heterocycles. The van der Waals surface area contributed by atoms with Crippen LogP contribution in [0, 0.1) is 5.92 Å². The van der Waals surface area contributed by atoms with Gasteiger partial charge < -0.3 is 14.8 Å². The number of rotatable bonds is 5. The number of ether oxygens (including phenoxy) is 2. The monoisotopic (exact) mass is 290 g/mol. The lowest BCUT2D eigenvalue weighted by atomic mass is 9.98. The Hall–Kier alpha value is -1.29. The van der Waals surface area contributed by atoms with E-state index in [0.717, 1.165) is 38.3 Å². The minimum atomic E-state index is 0.312. The van der Waals surface area contributed by atoms with Crippen LogP contribution >= 0.6 is 0 Å². The highest BCUT2D eigenvalue weighted by Crippen LogP contribution is 2.29. The zero-order chi connectivity index (χ0) is 14.3. The molecule has 1 N–H and O–H groups in total. The van der Waals surface area contributed by atoms with Gasteiger partial charge in [0.1, 0.15) is 6.10 Å². The van der Waals surface area contributed by atoms with Gasteiger partial charge in [-0.05, 0) is 57.2 Å². The van der Waals surface area contributed by atoms with Gasteiger partial charge in [0.25, 0.3) is 5.88 Å². The first-order valence-corrected chi connectivity index (χ1v) is 8.37. The molecule has 4 heteroatoms. The summed E-state index contributed by atoms with van der Waals surface area (Å²) in [6, 6.07) is 3.89. The molecule has 0 radical (unpaired) electrons. The van der Waals surface area contributed by atoms with E-state index in [-0.39, 0.29) is 0 Å². The van der Waals surface area contributed by atoms with Gasteiger partial charge in [0, 0.05) is 18.7 Å². The first kappa shape index (κ1) is 14.6. The number of pyridine rings is 1. The predicted octanol–water partition coefficient (Wildman–Crippen LogP) is 3.17. The summed E-state index contributed by atoms with van der Waals surface area (Å²) in [6.07, 6.45) is 10.7. The Balaban J connectivity index is 1.56. The summed E-state index contributed by atoms with van der Waals surface area (Å²) in [6.45, 7) is 2.94. The Kier molecular flexibility index (Phi) is 5.33. The van der Waals surface area contributed by atoms with Gasteiger partial charge in [0.2, 0.25) is 0 Å². The Labute approximate surface area is 127 Å². The maximum atomic E-state index is 6.07. The van der Waals surface area contributed by atoms with Crippen molar-refractivity contribution in [3.05, 3.63) is 18.3 Å². The van der Waals surface area contributed by atoms with Crippen molar-refractivity contribution in [1.29, 1.82) is 0 Å². The van der Waals surface area contributed by atoms with Crippen LogP contribution in [0.5, 0.6) is 11.6 Å². The zero-order valence-corrected chi connectivity index (χ0v) is 12.7. The normalized spacial score (nSPS) is 23.7. The summed E-state index contributed by atoms with van der Waals surface area (Å²) < 4.78 is 12.1. The Morgan fingerprint density at radius 3 is 2.86 bits per heavy atom. The molecule has 3 rings (SSSR count). The third kappa shape index (κ3) is 4.34. The predicted molar refractivity (Wildman–Crippen MR) is 82.8 cm³/mol. The van der Waals surface area contributed by atoms with E-state index >= 15 is 0 Å². The maximum Gasteiger partial charge on any atom is 0.257 e. The van der Waals surface area contributed by atoms with Gasteiger partial charge in [-0.25, -0.2) is 4.98 Å². The largest absolute Gasteiger partial charge is 0.488 e. The van der Waals surface area contributed by atoms with Gasteiger partial charge in [-0.3, -0.25) is 0 Å². The highest BCUT2D eigenvalue weighted by atomic mass is 16.5. The van der Waals surface area contributed by atoms with E-state index in [0.29, 0.717) is 17.9 Å². The van der Waals surface area contributed by atoms with Crippen molar-refractivity contribution in [2.45, 2.75) is 51.0 Å². The van der Waals surface area contributed by atoms with Crippen molar-refractivity contribution >= 4 is 0 Å². The standard InChI is InChI=1S/C17H26N2O2/c1-2-7-15(8-3-1)21-17-16(9-5-11-19-17)20-13-14-6-4-10-18-12-14/h5,9,11,14-15,18H,1-4,6-8,10,12-13H2/t14-/m0/s1. The minimum absolute atomic E-state index is 0.312. The van der Waals surface area contributed by atoms with E-state index in [1.54, 1.807) is 6.20 Å². The van der Waals surface area contributed by atoms with Crippen LogP contribution in [0.4, 0.5) is 0 Å². The number of hydrogen-bond acceptors (Lipinski definition) is 4. The fourth-order valence-electron chi connectivity index (χ4n) is 3.19. The average molecular weight is 290 g/mol. The number of aromatic nitrogens is 1. The molecule has 0 spiro atoms. The third-order valence-electron chi connectivity index (χ3n) is 4.44. The van der Waals surface area contributed by atoms with Gasteiger partial charge in [-0.2, -0.15) is 0 Å². The molecule has 0 aromatic carbocycles. The van der Waals surface area contributed by atoms with Crippen molar-refractivity contribution < 1.29 is 9.47 Å². The van der Waals surface area contributed by atoms with E-state index < -0.39 is 0 Å². The van der Waals surface area contributed by atoms with Gasteiger partial charge in [0.05, 0.1) is 6.61 Å². The van der Waals surface area contributed by atoms with E-state index in [9.17, 15) is 0 Å². The Bertz CT molecular complexity index is 427. The van der Waals surface area contributed by atoms with Crippen molar-refractivity contribution in [3.8, 4) is 11.6 Å². The topological polar surface area (TPSA) is 43.4 Å². The molecule has 0 unspecified atom stereocenters. The van der Waals surface area contributed by atoms with Crippen LogP contribution in [-0.4, -0.2) is 30.8 Å². The SMILES string of the molecule is c1cnc(OC2CCCCC2)c(OC[C@H]2CCCNC2)c1. The molecule has 1 atom stereocenters. The molecule has 116 valence electrons. The molecule has 2 fully saturated rings. The van der Waals surface area contributed by atoms with Crippen molar-refractivity contribution in [2.24, 2.45) is 5.92 Å². The van der Waals surface area contributed by atoms with Crippen molar-refractivity contribution in [1.82, 2.24) is 10.3 Å².